The van der Waals surface area contributed by atoms with Crippen LogP contribution in [0.3, 0.4) is 0 Å². The molecule has 0 atom stereocenters. The highest BCUT2D eigenvalue weighted by molar-refractivity contribution is 7.19. The number of rotatable bonds is 3. The third-order valence-corrected chi connectivity index (χ3v) is 4.20. The van der Waals surface area contributed by atoms with Crippen LogP contribution in [0.25, 0.3) is 10.1 Å². The summed E-state index contributed by atoms with van der Waals surface area (Å²) in [7, 11) is 0. The molecule has 0 saturated carbocycles. The van der Waals surface area contributed by atoms with Crippen LogP contribution >= 0.6 is 11.3 Å². The molecule has 0 radical (unpaired) electrons. The summed E-state index contributed by atoms with van der Waals surface area (Å²) < 4.78 is 1.42. The molecule has 1 heterocycles. The molecule has 0 N–H and O–H groups in total. The van der Waals surface area contributed by atoms with Crippen LogP contribution in [-0.4, -0.2) is 0 Å². The highest BCUT2D eigenvalue weighted by Gasteiger charge is 2.16. The molecule has 0 aliphatic carbocycles. The fourth-order valence-electron chi connectivity index (χ4n) is 1.72. The van der Waals surface area contributed by atoms with Gasteiger partial charge in [0.05, 0.1) is 0 Å². The zero-order valence-corrected chi connectivity index (χ0v) is 10.5. The summed E-state index contributed by atoms with van der Waals surface area (Å²) in [6, 6.07) is 11.0. The largest absolute Gasteiger partial charge is 0.140 e. The van der Waals surface area contributed by atoms with E-state index in [0.717, 1.165) is 0 Å². The molecule has 80 valence electrons. The number of hydrogen-bond acceptors (Lipinski definition) is 1. The number of thiophene rings is 1. The van der Waals surface area contributed by atoms with Crippen LogP contribution in [0.1, 0.15) is 32.1 Å². The average molecular weight is 218 g/mol. The number of hydrogen-bond donors (Lipinski definition) is 0. The topological polar surface area (TPSA) is 0 Å². The molecule has 2 aromatic rings. The smallest absolute Gasteiger partial charge is 0.0345 e. The van der Waals surface area contributed by atoms with E-state index in [0.29, 0.717) is 5.41 Å². The van der Waals surface area contributed by atoms with Gasteiger partial charge in [-0.15, -0.1) is 11.3 Å². The molecule has 0 saturated heterocycles. The summed E-state index contributed by atoms with van der Waals surface area (Å²) in [4.78, 5) is 1.52. The molecule has 0 nitrogen and oxygen atoms in total. The SMILES string of the molecule is CCC(C)(C)Cc1cc2ccccc2s1. The second-order valence-electron chi connectivity index (χ2n) is 4.95. The minimum Gasteiger partial charge on any atom is -0.140 e. The standard InChI is InChI=1S/C14H18S/c1-4-14(2,3)10-12-9-11-7-5-6-8-13(11)15-12/h5-9H,4,10H2,1-3H3. The fraction of sp³-hybridized carbons (Fsp3) is 0.429. The van der Waals surface area contributed by atoms with Gasteiger partial charge in [0.25, 0.3) is 0 Å². The number of fused-ring (bicyclic) bond motifs is 1. The Kier molecular flexibility index (Phi) is 2.83. The van der Waals surface area contributed by atoms with Crippen molar-refractivity contribution in [2.75, 3.05) is 0 Å². The van der Waals surface area contributed by atoms with Crippen LogP contribution < -0.4 is 0 Å². The average Bonchev–Trinajstić information content (AvgIpc) is 2.58. The van der Waals surface area contributed by atoms with Crippen molar-refractivity contribution in [2.24, 2.45) is 5.41 Å². The lowest BCUT2D eigenvalue weighted by molar-refractivity contribution is 0.352. The van der Waals surface area contributed by atoms with Crippen LogP contribution in [0.2, 0.25) is 0 Å². The highest BCUT2D eigenvalue weighted by Crippen LogP contribution is 2.32. The maximum Gasteiger partial charge on any atom is 0.0345 e. The lowest BCUT2D eigenvalue weighted by Gasteiger charge is -2.21. The van der Waals surface area contributed by atoms with Crippen molar-refractivity contribution >= 4 is 21.4 Å². The molecular weight excluding hydrogens is 200 g/mol. The van der Waals surface area contributed by atoms with E-state index in [9.17, 15) is 0 Å². The third kappa shape index (κ3) is 2.40. The van der Waals surface area contributed by atoms with Gasteiger partial charge in [-0.2, -0.15) is 0 Å². The fourth-order valence-corrected chi connectivity index (χ4v) is 3.04. The first-order valence-electron chi connectivity index (χ1n) is 5.58. The molecule has 0 aliphatic heterocycles. The van der Waals surface area contributed by atoms with Crippen molar-refractivity contribution in [3.63, 3.8) is 0 Å². The van der Waals surface area contributed by atoms with Gasteiger partial charge in [0, 0.05) is 9.58 Å². The quantitative estimate of drug-likeness (QED) is 0.688. The molecule has 0 amide bonds. The Morgan fingerprint density at radius 1 is 1.20 bits per heavy atom. The van der Waals surface area contributed by atoms with Gasteiger partial charge < -0.3 is 0 Å². The molecule has 2 rings (SSSR count). The molecule has 1 aromatic heterocycles. The first kappa shape index (κ1) is 10.7. The monoisotopic (exact) mass is 218 g/mol. The summed E-state index contributed by atoms with van der Waals surface area (Å²) in [6.07, 6.45) is 2.43. The van der Waals surface area contributed by atoms with E-state index in [4.69, 9.17) is 0 Å². The van der Waals surface area contributed by atoms with Crippen LogP contribution in [0.15, 0.2) is 30.3 Å². The van der Waals surface area contributed by atoms with Gasteiger partial charge in [0.2, 0.25) is 0 Å². The third-order valence-electron chi connectivity index (χ3n) is 3.09. The van der Waals surface area contributed by atoms with Crippen LogP contribution in [-0.2, 0) is 6.42 Å². The maximum absolute atomic E-state index is 2.34. The van der Waals surface area contributed by atoms with Gasteiger partial charge in [0.15, 0.2) is 0 Å². The Balaban J connectivity index is 2.30. The molecule has 0 aliphatic rings. The van der Waals surface area contributed by atoms with Crippen LogP contribution in [0, 0.1) is 5.41 Å². The first-order chi connectivity index (χ1) is 7.11. The Morgan fingerprint density at radius 3 is 2.60 bits per heavy atom. The zero-order valence-electron chi connectivity index (χ0n) is 9.71. The molecular formula is C14H18S. The van der Waals surface area contributed by atoms with Crippen LogP contribution in [0.5, 0.6) is 0 Å². The summed E-state index contributed by atoms with van der Waals surface area (Å²) >= 11 is 1.94. The van der Waals surface area contributed by atoms with Crippen LogP contribution in [0.4, 0.5) is 0 Å². The van der Waals surface area contributed by atoms with Crippen molar-refractivity contribution in [1.82, 2.24) is 0 Å². The Labute approximate surface area is 95.9 Å². The van der Waals surface area contributed by atoms with Crippen molar-refractivity contribution in [3.05, 3.63) is 35.2 Å². The van der Waals surface area contributed by atoms with E-state index < -0.39 is 0 Å². The minimum atomic E-state index is 0.431. The minimum absolute atomic E-state index is 0.431. The molecule has 0 unspecified atom stereocenters. The van der Waals surface area contributed by atoms with Gasteiger partial charge in [-0.3, -0.25) is 0 Å². The second kappa shape index (κ2) is 3.97. The van der Waals surface area contributed by atoms with E-state index in [1.165, 1.54) is 27.8 Å². The van der Waals surface area contributed by atoms with Gasteiger partial charge in [-0.1, -0.05) is 45.4 Å². The van der Waals surface area contributed by atoms with Crippen molar-refractivity contribution in [1.29, 1.82) is 0 Å². The van der Waals surface area contributed by atoms with E-state index >= 15 is 0 Å². The van der Waals surface area contributed by atoms with Gasteiger partial charge >= 0.3 is 0 Å². The van der Waals surface area contributed by atoms with Gasteiger partial charge in [-0.25, -0.2) is 0 Å². The van der Waals surface area contributed by atoms with Gasteiger partial charge in [0.1, 0.15) is 0 Å². The van der Waals surface area contributed by atoms with E-state index in [1.54, 1.807) is 0 Å². The summed E-state index contributed by atoms with van der Waals surface area (Å²) in [6.45, 7) is 6.96. The first-order valence-corrected chi connectivity index (χ1v) is 6.40. The molecule has 0 bridgehead atoms. The zero-order chi connectivity index (χ0) is 10.9. The van der Waals surface area contributed by atoms with E-state index in [1.807, 2.05) is 11.3 Å². The van der Waals surface area contributed by atoms with Crippen molar-refractivity contribution in [2.45, 2.75) is 33.6 Å². The Bertz CT molecular complexity index is 418. The Morgan fingerprint density at radius 2 is 1.93 bits per heavy atom. The molecule has 1 heteroatoms. The van der Waals surface area contributed by atoms with Crippen molar-refractivity contribution in [3.8, 4) is 0 Å². The van der Waals surface area contributed by atoms with E-state index in [2.05, 4.69) is 51.1 Å². The Hall–Kier alpha value is -0.820. The molecule has 0 spiro atoms. The second-order valence-corrected chi connectivity index (χ2v) is 6.11. The normalized spacial score (nSPS) is 12.2. The number of benzene rings is 1. The molecule has 1 aromatic carbocycles. The lowest BCUT2D eigenvalue weighted by atomic mass is 9.86. The van der Waals surface area contributed by atoms with E-state index in [-0.39, 0.29) is 0 Å². The predicted octanol–water partition coefficient (Wildman–Crippen LogP) is 4.88. The summed E-state index contributed by atoms with van der Waals surface area (Å²) in [5.74, 6) is 0. The summed E-state index contributed by atoms with van der Waals surface area (Å²) in [5.41, 5.74) is 0.431. The summed E-state index contributed by atoms with van der Waals surface area (Å²) in [5, 5.41) is 1.39. The molecule has 0 fully saturated rings. The van der Waals surface area contributed by atoms with Gasteiger partial charge in [-0.05, 0) is 29.4 Å². The lowest BCUT2D eigenvalue weighted by Crippen LogP contribution is -2.12. The predicted molar refractivity (Wildman–Crippen MR) is 69.6 cm³/mol. The molecule has 15 heavy (non-hydrogen) atoms. The van der Waals surface area contributed by atoms with Crippen molar-refractivity contribution < 1.29 is 0 Å². The maximum atomic E-state index is 2.34. The highest BCUT2D eigenvalue weighted by atomic mass is 32.1.